The van der Waals surface area contributed by atoms with Crippen molar-refractivity contribution >= 4 is 11.3 Å². The number of nitriles is 1. The molecule has 4 heteroatoms. The van der Waals surface area contributed by atoms with Gasteiger partial charge in [-0.25, -0.2) is 4.39 Å². The summed E-state index contributed by atoms with van der Waals surface area (Å²) >= 11 is 1.39. The molecule has 2 rings (SSSR count). The first-order chi connectivity index (χ1) is 7.74. The van der Waals surface area contributed by atoms with E-state index in [9.17, 15) is 4.39 Å². The lowest BCUT2D eigenvalue weighted by Crippen LogP contribution is -1.99. The van der Waals surface area contributed by atoms with E-state index in [0.717, 1.165) is 10.4 Å². The maximum atomic E-state index is 13.2. The van der Waals surface area contributed by atoms with E-state index < -0.39 is 0 Å². The molecule has 2 N–H and O–H groups in total. The van der Waals surface area contributed by atoms with Crippen LogP contribution in [0.15, 0.2) is 30.3 Å². The van der Waals surface area contributed by atoms with Gasteiger partial charge in [0.25, 0.3) is 0 Å². The van der Waals surface area contributed by atoms with Gasteiger partial charge in [-0.2, -0.15) is 5.26 Å². The van der Waals surface area contributed by atoms with Gasteiger partial charge in [0.2, 0.25) is 0 Å². The Bertz CT molecular complexity index is 554. The first kappa shape index (κ1) is 10.8. The maximum Gasteiger partial charge on any atom is 0.127 e. The van der Waals surface area contributed by atoms with Crippen molar-refractivity contribution < 1.29 is 4.39 Å². The molecule has 0 spiro atoms. The van der Waals surface area contributed by atoms with E-state index in [4.69, 9.17) is 11.0 Å². The Hall–Kier alpha value is -1.70. The third-order valence-electron chi connectivity index (χ3n) is 2.27. The van der Waals surface area contributed by atoms with Crippen molar-refractivity contribution in [1.82, 2.24) is 0 Å². The number of halogens is 1. The third kappa shape index (κ3) is 1.96. The molecule has 0 radical (unpaired) electrons. The molecule has 0 fully saturated rings. The van der Waals surface area contributed by atoms with E-state index in [-0.39, 0.29) is 12.4 Å². The second kappa shape index (κ2) is 4.44. The molecule has 1 aromatic heterocycles. The minimum absolute atomic E-state index is 0.177. The van der Waals surface area contributed by atoms with E-state index in [1.165, 1.54) is 17.4 Å². The normalized spacial score (nSPS) is 10.1. The second-order valence-corrected chi connectivity index (χ2v) is 4.37. The number of benzene rings is 1. The number of hydrogen-bond donors (Lipinski definition) is 1. The van der Waals surface area contributed by atoms with Crippen molar-refractivity contribution in [3.63, 3.8) is 0 Å². The van der Waals surface area contributed by atoms with Crippen LogP contribution < -0.4 is 5.73 Å². The van der Waals surface area contributed by atoms with Gasteiger partial charge in [-0.3, -0.25) is 0 Å². The van der Waals surface area contributed by atoms with Gasteiger partial charge < -0.3 is 5.73 Å². The lowest BCUT2D eigenvalue weighted by atomic mass is 10.1. The van der Waals surface area contributed by atoms with Crippen LogP contribution in [-0.2, 0) is 6.54 Å². The van der Waals surface area contributed by atoms with Gasteiger partial charge in [0, 0.05) is 17.0 Å². The van der Waals surface area contributed by atoms with E-state index in [1.807, 2.05) is 6.07 Å². The molecule has 80 valence electrons. The van der Waals surface area contributed by atoms with Crippen LogP contribution in [0, 0.1) is 17.1 Å². The van der Waals surface area contributed by atoms with Gasteiger partial charge in [-0.1, -0.05) is 6.07 Å². The standard InChI is InChI=1S/C12H9FN2S/c13-11-3-1-8(5-9(11)6-14)12-4-2-10(7-15)16-12/h1-5H,6,14H2. The van der Waals surface area contributed by atoms with Crippen LogP contribution in [0.2, 0.25) is 0 Å². The van der Waals surface area contributed by atoms with Gasteiger partial charge >= 0.3 is 0 Å². The highest BCUT2D eigenvalue weighted by molar-refractivity contribution is 7.16. The van der Waals surface area contributed by atoms with Crippen molar-refractivity contribution in [3.8, 4) is 16.5 Å². The molecule has 0 unspecified atom stereocenters. The molecule has 0 amide bonds. The van der Waals surface area contributed by atoms with E-state index in [1.54, 1.807) is 18.2 Å². The fourth-order valence-corrected chi connectivity index (χ4v) is 2.24. The summed E-state index contributed by atoms with van der Waals surface area (Å²) in [5, 5.41) is 8.72. The number of nitrogens with two attached hydrogens (primary N) is 1. The molecule has 2 nitrogen and oxygen atoms in total. The average Bonchev–Trinajstić information content (AvgIpc) is 2.78. The number of thiophene rings is 1. The van der Waals surface area contributed by atoms with Crippen LogP contribution in [-0.4, -0.2) is 0 Å². The SMILES string of the molecule is N#Cc1ccc(-c2ccc(F)c(CN)c2)s1. The summed E-state index contributed by atoms with van der Waals surface area (Å²) in [5.41, 5.74) is 6.83. The zero-order valence-corrected chi connectivity index (χ0v) is 9.22. The zero-order valence-electron chi connectivity index (χ0n) is 8.40. The minimum Gasteiger partial charge on any atom is -0.326 e. The van der Waals surface area contributed by atoms with Gasteiger partial charge in [0.1, 0.15) is 16.8 Å². The molecule has 0 atom stereocenters. The van der Waals surface area contributed by atoms with Crippen LogP contribution in [0.3, 0.4) is 0 Å². The zero-order chi connectivity index (χ0) is 11.5. The summed E-state index contributed by atoms with van der Waals surface area (Å²) in [5.74, 6) is -0.289. The Morgan fingerprint density at radius 1 is 1.31 bits per heavy atom. The summed E-state index contributed by atoms with van der Waals surface area (Å²) in [6, 6.07) is 10.5. The highest BCUT2D eigenvalue weighted by atomic mass is 32.1. The summed E-state index contributed by atoms with van der Waals surface area (Å²) in [6.45, 7) is 0.177. The smallest absolute Gasteiger partial charge is 0.127 e. The molecule has 0 aliphatic heterocycles. The van der Waals surface area contributed by atoms with Crippen molar-refractivity contribution in [1.29, 1.82) is 5.26 Å². The molecule has 2 aromatic rings. The Labute approximate surface area is 96.8 Å². The van der Waals surface area contributed by atoms with Crippen molar-refractivity contribution in [2.45, 2.75) is 6.54 Å². The topological polar surface area (TPSA) is 49.8 Å². The van der Waals surface area contributed by atoms with Crippen molar-refractivity contribution in [2.24, 2.45) is 5.73 Å². The first-order valence-corrected chi connectivity index (χ1v) is 5.55. The molecule has 0 bridgehead atoms. The summed E-state index contributed by atoms with van der Waals surface area (Å²) in [7, 11) is 0. The third-order valence-corrected chi connectivity index (χ3v) is 3.31. The van der Waals surface area contributed by atoms with Crippen LogP contribution >= 0.6 is 11.3 Å². The lowest BCUT2D eigenvalue weighted by Gasteiger charge is -2.02. The monoisotopic (exact) mass is 232 g/mol. The van der Waals surface area contributed by atoms with Crippen LogP contribution in [0.1, 0.15) is 10.4 Å². The fourth-order valence-electron chi connectivity index (χ4n) is 1.44. The average molecular weight is 232 g/mol. The second-order valence-electron chi connectivity index (χ2n) is 3.29. The van der Waals surface area contributed by atoms with Crippen LogP contribution in [0.4, 0.5) is 4.39 Å². The summed E-state index contributed by atoms with van der Waals surface area (Å²) in [4.78, 5) is 1.60. The van der Waals surface area contributed by atoms with Crippen molar-refractivity contribution in [3.05, 3.63) is 46.6 Å². The van der Waals surface area contributed by atoms with Gasteiger partial charge in [0.05, 0.1) is 0 Å². The van der Waals surface area contributed by atoms with E-state index >= 15 is 0 Å². The summed E-state index contributed by atoms with van der Waals surface area (Å²) < 4.78 is 13.2. The molecule has 16 heavy (non-hydrogen) atoms. The van der Waals surface area contributed by atoms with E-state index in [2.05, 4.69) is 6.07 Å². The van der Waals surface area contributed by atoms with Crippen LogP contribution in [0.5, 0.6) is 0 Å². The molecular weight excluding hydrogens is 223 g/mol. The first-order valence-electron chi connectivity index (χ1n) is 4.73. The molecular formula is C12H9FN2S. The number of rotatable bonds is 2. The minimum atomic E-state index is -0.289. The maximum absolute atomic E-state index is 13.2. The van der Waals surface area contributed by atoms with Gasteiger partial charge in [0.15, 0.2) is 0 Å². The molecule has 1 heterocycles. The lowest BCUT2D eigenvalue weighted by molar-refractivity contribution is 0.611. The molecule has 0 aliphatic rings. The molecule has 0 saturated heterocycles. The number of hydrogen-bond acceptors (Lipinski definition) is 3. The summed E-state index contributed by atoms with van der Waals surface area (Å²) in [6.07, 6.45) is 0. The fraction of sp³-hybridized carbons (Fsp3) is 0.0833. The Morgan fingerprint density at radius 3 is 2.75 bits per heavy atom. The van der Waals surface area contributed by atoms with Gasteiger partial charge in [-0.15, -0.1) is 11.3 Å². The quantitative estimate of drug-likeness (QED) is 0.865. The number of nitrogens with zero attached hydrogens (tertiary/aromatic N) is 1. The molecule has 0 saturated carbocycles. The van der Waals surface area contributed by atoms with Gasteiger partial charge in [-0.05, 0) is 29.8 Å². The Kier molecular flexibility index (Phi) is 3.00. The Balaban J connectivity index is 2.45. The predicted octanol–water partition coefficient (Wildman–Crippen LogP) is 2.88. The highest BCUT2D eigenvalue weighted by Gasteiger charge is 2.06. The molecule has 0 aliphatic carbocycles. The van der Waals surface area contributed by atoms with E-state index in [0.29, 0.717) is 10.4 Å². The Morgan fingerprint density at radius 2 is 2.12 bits per heavy atom. The predicted molar refractivity (Wildman–Crippen MR) is 62.3 cm³/mol. The highest BCUT2D eigenvalue weighted by Crippen LogP contribution is 2.28. The largest absolute Gasteiger partial charge is 0.326 e. The van der Waals surface area contributed by atoms with Crippen LogP contribution in [0.25, 0.3) is 10.4 Å². The molecule has 1 aromatic carbocycles. The van der Waals surface area contributed by atoms with Crippen molar-refractivity contribution in [2.75, 3.05) is 0 Å².